The lowest BCUT2D eigenvalue weighted by Crippen LogP contribution is -2.14. The predicted molar refractivity (Wildman–Crippen MR) is 47.6 cm³/mol. The summed E-state index contributed by atoms with van der Waals surface area (Å²) in [5, 5.41) is 17.3. The summed E-state index contributed by atoms with van der Waals surface area (Å²) in [7, 11) is -1.39. The lowest BCUT2D eigenvalue weighted by Gasteiger charge is -2.20. The summed E-state index contributed by atoms with van der Waals surface area (Å²) in [6.45, 7) is 0. The van der Waals surface area contributed by atoms with E-state index in [0.29, 0.717) is 0 Å². The fraction of sp³-hybridized carbons (Fsp3) is 1.00. The van der Waals surface area contributed by atoms with Crippen molar-refractivity contribution in [3.8, 4) is 0 Å². The lowest BCUT2D eigenvalue weighted by atomic mass is 10.0. The van der Waals surface area contributed by atoms with Crippen LogP contribution in [0.1, 0.15) is 32.1 Å². The Morgan fingerprint density at radius 1 is 1.25 bits per heavy atom. The molecule has 1 aliphatic rings. The van der Waals surface area contributed by atoms with Crippen LogP contribution in [0.15, 0.2) is 0 Å². The van der Waals surface area contributed by atoms with E-state index in [1.54, 1.807) is 0 Å². The van der Waals surface area contributed by atoms with Crippen molar-refractivity contribution in [3.05, 3.63) is 0 Å². The fourth-order valence-electron chi connectivity index (χ4n) is 1.68. The quantitative estimate of drug-likeness (QED) is 0.524. The van der Waals surface area contributed by atoms with E-state index in [4.69, 9.17) is 10.2 Å². The zero-order chi connectivity index (χ0) is 8.97. The second-order valence-corrected chi connectivity index (χ2v) is 5.30. The molecular formula is C8H16O3P. The van der Waals surface area contributed by atoms with E-state index in [1.807, 2.05) is 0 Å². The third-order valence-electron chi connectivity index (χ3n) is 2.33. The molecule has 0 saturated heterocycles. The van der Waals surface area contributed by atoms with Gasteiger partial charge in [0.05, 0.1) is 14.0 Å². The first-order chi connectivity index (χ1) is 5.70. The van der Waals surface area contributed by atoms with Crippen molar-refractivity contribution in [2.75, 3.05) is 6.16 Å². The molecule has 0 aromatic carbocycles. The average Bonchev–Trinajstić information content (AvgIpc) is 2.05. The highest BCUT2D eigenvalue weighted by Gasteiger charge is 2.21. The van der Waals surface area contributed by atoms with Crippen LogP contribution in [0.5, 0.6) is 0 Å². The van der Waals surface area contributed by atoms with Crippen LogP contribution in [0.4, 0.5) is 0 Å². The van der Waals surface area contributed by atoms with Gasteiger partial charge in [-0.15, -0.1) is 0 Å². The summed E-state index contributed by atoms with van der Waals surface area (Å²) < 4.78 is 11.4. The van der Waals surface area contributed by atoms with Crippen molar-refractivity contribution >= 4 is 7.80 Å². The molecule has 0 aliphatic heterocycles. The van der Waals surface area contributed by atoms with Crippen LogP contribution in [0.2, 0.25) is 0 Å². The van der Waals surface area contributed by atoms with E-state index in [2.05, 4.69) is 0 Å². The Morgan fingerprint density at radius 2 is 1.83 bits per heavy atom. The summed E-state index contributed by atoms with van der Waals surface area (Å²) >= 11 is 0. The van der Waals surface area contributed by atoms with Crippen molar-refractivity contribution in [1.29, 1.82) is 0 Å². The molecule has 0 aromatic rings. The first-order valence-electron chi connectivity index (χ1n) is 4.50. The second-order valence-electron chi connectivity index (χ2n) is 3.37. The molecule has 1 atom stereocenters. The summed E-state index contributed by atoms with van der Waals surface area (Å²) in [6.07, 6.45) is 4.20. The van der Waals surface area contributed by atoms with Gasteiger partial charge in [-0.2, -0.15) is 0 Å². The predicted octanol–water partition coefficient (Wildman–Crippen LogP) is 1.46. The summed E-state index contributed by atoms with van der Waals surface area (Å²) in [5.74, 6) is 0. The van der Waals surface area contributed by atoms with Crippen molar-refractivity contribution in [2.45, 2.75) is 44.1 Å². The Morgan fingerprint density at radius 3 is 2.33 bits per heavy atom. The zero-order valence-electron chi connectivity index (χ0n) is 7.15. The minimum absolute atomic E-state index is 0.0556. The van der Waals surface area contributed by atoms with Crippen molar-refractivity contribution < 1.29 is 14.8 Å². The molecule has 1 saturated carbocycles. The van der Waals surface area contributed by atoms with Crippen LogP contribution in [0.3, 0.4) is 0 Å². The Labute approximate surface area is 73.6 Å². The number of aliphatic hydroxyl groups excluding tert-OH is 1. The van der Waals surface area contributed by atoms with E-state index < -0.39 is 14.1 Å². The molecule has 1 unspecified atom stereocenters. The molecular weight excluding hydrogens is 175 g/mol. The van der Waals surface area contributed by atoms with E-state index in [-0.39, 0.29) is 11.8 Å². The van der Waals surface area contributed by atoms with Gasteiger partial charge < -0.3 is 10.2 Å². The van der Waals surface area contributed by atoms with Crippen LogP contribution in [0.25, 0.3) is 0 Å². The zero-order valence-corrected chi connectivity index (χ0v) is 8.04. The van der Waals surface area contributed by atoms with Crippen molar-refractivity contribution in [1.82, 2.24) is 0 Å². The number of hydrogen-bond donors (Lipinski definition) is 2. The van der Waals surface area contributed by atoms with E-state index in [0.717, 1.165) is 25.7 Å². The number of aliphatic hydroxyl groups is 2. The standard InChI is InChI=1S/C8H16O3P/c9-8(10)6-12(11)7-4-2-1-3-5-7/h7-10H,1-6H2. The topological polar surface area (TPSA) is 57.5 Å². The minimum atomic E-state index is -1.39. The molecule has 0 spiro atoms. The number of rotatable bonds is 3. The van der Waals surface area contributed by atoms with Gasteiger partial charge in [0.15, 0.2) is 6.29 Å². The van der Waals surface area contributed by atoms with Crippen LogP contribution >= 0.6 is 7.80 Å². The first kappa shape index (κ1) is 10.1. The molecule has 3 nitrogen and oxygen atoms in total. The second kappa shape index (κ2) is 4.90. The van der Waals surface area contributed by atoms with Crippen LogP contribution < -0.4 is 0 Å². The molecule has 0 aromatic heterocycles. The van der Waals surface area contributed by atoms with Crippen molar-refractivity contribution in [3.63, 3.8) is 0 Å². The molecule has 0 heterocycles. The van der Waals surface area contributed by atoms with Gasteiger partial charge in [-0.1, -0.05) is 19.3 Å². The Hall–Kier alpha value is 0.0200. The van der Waals surface area contributed by atoms with E-state index >= 15 is 0 Å². The van der Waals surface area contributed by atoms with Gasteiger partial charge in [-0.25, -0.2) is 0 Å². The molecule has 1 radical (unpaired) electrons. The van der Waals surface area contributed by atoms with Crippen molar-refractivity contribution in [2.24, 2.45) is 0 Å². The molecule has 2 N–H and O–H groups in total. The maximum atomic E-state index is 11.4. The van der Waals surface area contributed by atoms with Crippen LogP contribution in [0, 0.1) is 0 Å². The van der Waals surface area contributed by atoms with Gasteiger partial charge >= 0.3 is 0 Å². The highest BCUT2D eigenvalue weighted by atomic mass is 31.1. The normalized spacial score (nSPS) is 21.4. The van der Waals surface area contributed by atoms with Gasteiger partial charge in [-0.05, 0) is 12.8 Å². The van der Waals surface area contributed by atoms with Gasteiger partial charge in [-0.3, -0.25) is 4.57 Å². The third kappa shape index (κ3) is 3.18. The molecule has 1 fully saturated rings. The van der Waals surface area contributed by atoms with Gasteiger partial charge in [0.25, 0.3) is 0 Å². The molecule has 4 heteroatoms. The molecule has 0 bridgehead atoms. The molecule has 12 heavy (non-hydrogen) atoms. The third-order valence-corrected chi connectivity index (χ3v) is 4.34. The first-order valence-corrected chi connectivity index (χ1v) is 6.01. The number of hydrogen-bond acceptors (Lipinski definition) is 3. The Kier molecular flexibility index (Phi) is 4.13. The monoisotopic (exact) mass is 191 g/mol. The van der Waals surface area contributed by atoms with Crippen LogP contribution in [-0.2, 0) is 4.57 Å². The molecule has 71 valence electrons. The van der Waals surface area contributed by atoms with Gasteiger partial charge in [0.1, 0.15) is 0 Å². The Bertz CT molecular complexity index is 152. The van der Waals surface area contributed by atoms with E-state index in [1.165, 1.54) is 6.42 Å². The molecule has 1 rings (SSSR count). The fourth-order valence-corrected chi connectivity index (χ4v) is 3.24. The lowest BCUT2D eigenvalue weighted by molar-refractivity contribution is -0.0199. The van der Waals surface area contributed by atoms with Crippen LogP contribution in [-0.4, -0.2) is 28.3 Å². The summed E-state index contributed by atoms with van der Waals surface area (Å²) in [6, 6.07) is 0. The average molecular weight is 191 g/mol. The smallest absolute Gasteiger partial charge is 0.161 e. The minimum Gasteiger partial charge on any atom is -0.367 e. The maximum Gasteiger partial charge on any atom is 0.161 e. The van der Waals surface area contributed by atoms with Gasteiger partial charge in [0, 0.05) is 5.66 Å². The van der Waals surface area contributed by atoms with E-state index in [9.17, 15) is 4.57 Å². The highest BCUT2D eigenvalue weighted by molar-refractivity contribution is 7.45. The summed E-state index contributed by atoms with van der Waals surface area (Å²) in [5.41, 5.74) is 0.246. The largest absolute Gasteiger partial charge is 0.367 e. The summed E-state index contributed by atoms with van der Waals surface area (Å²) in [4.78, 5) is 0. The van der Waals surface area contributed by atoms with Gasteiger partial charge in [0.2, 0.25) is 0 Å². The highest BCUT2D eigenvalue weighted by Crippen LogP contribution is 2.38. The maximum absolute atomic E-state index is 11.4. The Balaban J connectivity index is 2.30. The SMILES string of the molecule is O=[P](CC(O)O)C1CCCCC1. The molecule has 1 aliphatic carbocycles. The molecule has 0 amide bonds.